The number of urea groups is 1. The Morgan fingerprint density at radius 1 is 1.11 bits per heavy atom. The maximum Gasteiger partial charge on any atom is 0.416 e. The first-order chi connectivity index (χ1) is 12.5. The first-order valence-electron chi connectivity index (χ1n) is 7.97. The van der Waals surface area contributed by atoms with E-state index in [4.69, 9.17) is 0 Å². The van der Waals surface area contributed by atoms with E-state index in [1.165, 1.54) is 24.3 Å². The number of halogens is 3. The molecule has 9 heteroatoms. The molecule has 0 aliphatic carbocycles. The lowest BCUT2D eigenvalue weighted by Crippen LogP contribution is -2.36. The van der Waals surface area contributed by atoms with Gasteiger partial charge in [-0.1, -0.05) is 24.3 Å². The molecule has 2 aromatic carbocycles. The highest BCUT2D eigenvalue weighted by molar-refractivity contribution is 7.90. The standard InChI is InChI=1S/C18H19F3N2O3S/c1-12(14-6-8-16(9-7-14)27(2,25)26)23-17(24)22-11-13-4-3-5-15(10-13)18(19,20)21/h3-10,12H,11H2,1-2H3,(H2,22,23,24)/t12-/m0/s1. The van der Waals surface area contributed by atoms with E-state index in [0.29, 0.717) is 11.1 Å². The van der Waals surface area contributed by atoms with Gasteiger partial charge in [0.2, 0.25) is 0 Å². The Morgan fingerprint density at radius 3 is 2.30 bits per heavy atom. The molecule has 2 amide bonds. The molecule has 0 saturated carbocycles. The maximum absolute atomic E-state index is 12.7. The van der Waals surface area contributed by atoms with Crippen LogP contribution < -0.4 is 10.6 Å². The fourth-order valence-electron chi connectivity index (χ4n) is 2.37. The molecular formula is C18H19F3N2O3S. The topological polar surface area (TPSA) is 75.3 Å². The molecule has 0 aliphatic rings. The smallest absolute Gasteiger partial charge is 0.334 e. The Bertz CT molecular complexity index is 910. The third-order valence-corrected chi connectivity index (χ3v) is 4.99. The highest BCUT2D eigenvalue weighted by Crippen LogP contribution is 2.29. The van der Waals surface area contributed by atoms with Crippen molar-refractivity contribution in [3.63, 3.8) is 0 Å². The molecule has 0 saturated heterocycles. The van der Waals surface area contributed by atoms with Gasteiger partial charge in [0.25, 0.3) is 0 Å². The SMILES string of the molecule is C[C@H](NC(=O)NCc1cccc(C(F)(F)F)c1)c1ccc(S(C)(=O)=O)cc1. The Labute approximate surface area is 155 Å². The normalized spacial score (nSPS) is 13.1. The van der Waals surface area contributed by atoms with Gasteiger partial charge < -0.3 is 10.6 Å². The van der Waals surface area contributed by atoms with Crippen LogP contribution in [-0.2, 0) is 22.6 Å². The van der Waals surface area contributed by atoms with Gasteiger partial charge in [-0.25, -0.2) is 13.2 Å². The largest absolute Gasteiger partial charge is 0.416 e. The summed E-state index contributed by atoms with van der Waals surface area (Å²) in [6.07, 6.45) is -3.34. The highest BCUT2D eigenvalue weighted by atomic mass is 32.2. The highest BCUT2D eigenvalue weighted by Gasteiger charge is 2.30. The Kier molecular flexibility index (Phi) is 6.15. The summed E-state index contributed by atoms with van der Waals surface area (Å²) in [6, 6.07) is 9.83. The second-order valence-electron chi connectivity index (χ2n) is 6.09. The minimum absolute atomic E-state index is 0.0600. The molecule has 0 spiro atoms. The molecule has 146 valence electrons. The fourth-order valence-corrected chi connectivity index (χ4v) is 3.01. The van der Waals surface area contributed by atoms with Crippen LogP contribution in [0.15, 0.2) is 53.4 Å². The average Bonchev–Trinajstić information content (AvgIpc) is 2.59. The maximum atomic E-state index is 12.7. The van der Waals surface area contributed by atoms with Gasteiger partial charge in [-0.05, 0) is 42.3 Å². The molecule has 5 nitrogen and oxygen atoms in total. The number of sulfone groups is 1. The van der Waals surface area contributed by atoms with Gasteiger partial charge in [0.05, 0.1) is 16.5 Å². The summed E-state index contributed by atoms with van der Waals surface area (Å²) in [5.74, 6) is 0. The molecule has 0 heterocycles. The van der Waals surface area contributed by atoms with E-state index in [9.17, 15) is 26.4 Å². The number of amides is 2. The van der Waals surface area contributed by atoms with Crippen LogP contribution in [0.2, 0.25) is 0 Å². The average molecular weight is 400 g/mol. The quantitative estimate of drug-likeness (QED) is 0.804. The van der Waals surface area contributed by atoms with Crippen LogP contribution >= 0.6 is 0 Å². The Hall–Kier alpha value is -2.55. The predicted octanol–water partition coefficient (Wildman–Crippen LogP) is 3.67. The lowest BCUT2D eigenvalue weighted by Gasteiger charge is -2.16. The van der Waals surface area contributed by atoms with Gasteiger partial charge in [0.15, 0.2) is 9.84 Å². The van der Waals surface area contributed by atoms with Gasteiger partial charge in [0.1, 0.15) is 0 Å². The van der Waals surface area contributed by atoms with Crippen LogP contribution in [0, 0.1) is 0 Å². The zero-order valence-corrected chi connectivity index (χ0v) is 15.5. The van der Waals surface area contributed by atoms with Crippen LogP contribution in [0.25, 0.3) is 0 Å². The number of carbonyl (C=O) groups excluding carboxylic acids is 1. The molecule has 0 fully saturated rings. The second kappa shape index (κ2) is 7.99. The monoisotopic (exact) mass is 400 g/mol. The van der Waals surface area contributed by atoms with E-state index < -0.39 is 33.6 Å². The molecule has 0 bridgehead atoms. The summed E-state index contributed by atoms with van der Waals surface area (Å²) in [4.78, 5) is 12.1. The fraction of sp³-hybridized carbons (Fsp3) is 0.278. The van der Waals surface area contributed by atoms with E-state index in [1.807, 2.05) is 0 Å². The third kappa shape index (κ3) is 5.99. The van der Waals surface area contributed by atoms with Crippen molar-refractivity contribution < 1.29 is 26.4 Å². The first kappa shape index (κ1) is 20.8. The van der Waals surface area contributed by atoms with E-state index in [-0.39, 0.29) is 11.4 Å². The number of hydrogen-bond donors (Lipinski definition) is 2. The predicted molar refractivity (Wildman–Crippen MR) is 94.8 cm³/mol. The van der Waals surface area contributed by atoms with E-state index >= 15 is 0 Å². The molecular weight excluding hydrogens is 381 g/mol. The molecule has 0 aliphatic heterocycles. The summed E-state index contributed by atoms with van der Waals surface area (Å²) >= 11 is 0. The number of alkyl halides is 3. The van der Waals surface area contributed by atoms with E-state index in [1.54, 1.807) is 19.1 Å². The van der Waals surface area contributed by atoms with Crippen LogP contribution in [0.1, 0.15) is 29.7 Å². The first-order valence-corrected chi connectivity index (χ1v) is 9.86. The van der Waals surface area contributed by atoms with E-state index in [0.717, 1.165) is 18.4 Å². The van der Waals surface area contributed by atoms with Crippen LogP contribution in [0.5, 0.6) is 0 Å². The number of benzene rings is 2. The molecule has 1 atom stereocenters. The van der Waals surface area contributed by atoms with Crippen LogP contribution in [-0.4, -0.2) is 20.7 Å². The van der Waals surface area contributed by atoms with Crippen molar-refractivity contribution in [1.29, 1.82) is 0 Å². The third-order valence-electron chi connectivity index (χ3n) is 3.86. The van der Waals surface area contributed by atoms with Gasteiger partial charge in [-0.15, -0.1) is 0 Å². The van der Waals surface area contributed by atoms with Crippen molar-refractivity contribution in [3.05, 3.63) is 65.2 Å². The Morgan fingerprint density at radius 2 is 1.74 bits per heavy atom. The lowest BCUT2D eigenvalue weighted by atomic mass is 10.1. The van der Waals surface area contributed by atoms with Gasteiger partial charge in [-0.3, -0.25) is 0 Å². The van der Waals surface area contributed by atoms with Crippen molar-refractivity contribution in [3.8, 4) is 0 Å². The second-order valence-corrected chi connectivity index (χ2v) is 8.10. The summed E-state index contributed by atoms with van der Waals surface area (Å²) < 4.78 is 61.0. The zero-order chi connectivity index (χ0) is 20.2. The van der Waals surface area contributed by atoms with Crippen molar-refractivity contribution in [2.75, 3.05) is 6.26 Å². The van der Waals surface area contributed by atoms with Crippen molar-refractivity contribution in [1.82, 2.24) is 10.6 Å². The number of hydrogen-bond acceptors (Lipinski definition) is 3. The molecule has 0 radical (unpaired) electrons. The van der Waals surface area contributed by atoms with Gasteiger partial charge in [0, 0.05) is 12.8 Å². The van der Waals surface area contributed by atoms with Crippen molar-refractivity contribution in [2.24, 2.45) is 0 Å². The summed E-state index contributed by atoms with van der Waals surface area (Å²) in [5, 5.41) is 5.15. The van der Waals surface area contributed by atoms with Gasteiger partial charge in [-0.2, -0.15) is 13.2 Å². The van der Waals surface area contributed by atoms with Crippen LogP contribution in [0.3, 0.4) is 0 Å². The summed E-state index contributed by atoms with van der Waals surface area (Å²) in [7, 11) is -3.30. The van der Waals surface area contributed by atoms with Gasteiger partial charge >= 0.3 is 12.2 Å². The molecule has 2 N–H and O–H groups in total. The molecule has 2 rings (SSSR count). The lowest BCUT2D eigenvalue weighted by molar-refractivity contribution is -0.137. The minimum atomic E-state index is -4.44. The zero-order valence-electron chi connectivity index (χ0n) is 14.7. The van der Waals surface area contributed by atoms with Crippen molar-refractivity contribution >= 4 is 15.9 Å². The van der Waals surface area contributed by atoms with Crippen LogP contribution in [0.4, 0.5) is 18.0 Å². The molecule has 0 unspecified atom stereocenters. The number of rotatable bonds is 5. The molecule has 2 aromatic rings. The minimum Gasteiger partial charge on any atom is -0.334 e. The van der Waals surface area contributed by atoms with Crippen molar-refractivity contribution in [2.45, 2.75) is 30.6 Å². The molecule has 27 heavy (non-hydrogen) atoms. The number of nitrogens with one attached hydrogen (secondary N) is 2. The summed E-state index contributed by atoms with van der Waals surface area (Å²) in [6.45, 7) is 1.65. The van der Waals surface area contributed by atoms with E-state index in [2.05, 4.69) is 10.6 Å². The Balaban J connectivity index is 1.94. The number of carbonyl (C=O) groups is 1. The summed E-state index contributed by atoms with van der Waals surface area (Å²) in [5.41, 5.74) is 0.239. The molecule has 0 aromatic heterocycles.